The van der Waals surface area contributed by atoms with E-state index in [9.17, 15) is 4.79 Å². The van der Waals surface area contributed by atoms with Crippen LogP contribution in [0.5, 0.6) is 0 Å². The highest BCUT2D eigenvalue weighted by molar-refractivity contribution is 5.85. The van der Waals surface area contributed by atoms with Gasteiger partial charge in [-0.15, -0.1) is 12.4 Å². The highest BCUT2D eigenvalue weighted by Gasteiger charge is 2.27. The molecule has 1 rings (SSSR count). The molecule has 0 aromatic heterocycles. The Balaban J connectivity index is 0.00000400. The maximum atomic E-state index is 12.1. The van der Waals surface area contributed by atoms with Crippen molar-refractivity contribution in [1.29, 1.82) is 0 Å². The van der Waals surface area contributed by atoms with Gasteiger partial charge < -0.3 is 16.2 Å². The molecule has 120 valence electrons. The lowest BCUT2D eigenvalue weighted by Gasteiger charge is -2.25. The van der Waals surface area contributed by atoms with E-state index in [0.717, 1.165) is 12.0 Å². The van der Waals surface area contributed by atoms with Gasteiger partial charge in [-0.3, -0.25) is 4.79 Å². The zero-order valence-corrected chi connectivity index (χ0v) is 13.7. The molecule has 0 fully saturated rings. The summed E-state index contributed by atoms with van der Waals surface area (Å²) in [5.74, 6) is -0.0132. The first-order chi connectivity index (χ1) is 9.51. The van der Waals surface area contributed by atoms with Crippen molar-refractivity contribution in [2.75, 3.05) is 13.2 Å². The van der Waals surface area contributed by atoms with Crippen LogP contribution in [0.25, 0.3) is 0 Å². The Morgan fingerprint density at radius 3 is 2.52 bits per heavy atom. The molecule has 4 N–H and O–H groups in total. The number of nitrogens with one attached hydrogen (secondary N) is 1. The third-order valence-corrected chi connectivity index (χ3v) is 3.55. The second-order valence-electron chi connectivity index (χ2n) is 5.50. The number of hydrogen-bond donors (Lipinski definition) is 3. The minimum absolute atomic E-state index is 0. The van der Waals surface area contributed by atoms with Crippen molar-refractivity contribution < 1.29 is 9.90 Å². The topological polar surface area (TPSA) is 75.4 Å². The first-order valence-corrected chi connectivity index (χ1v) is 7.24. The van der Waals surface area contributed by atoms with Crippen LogP contribution in [-0.2, 0) is 4.79 Å². The van der Waals surface area contributed by atoms with Gasteiger partial charge in [0.25, 0.3) is 0 Å². The van der Waals surface area contributed by atoms with Crippen molar-refractivity contribution >= 4 is 18.3 Å². The average Bonchev–Trinajstić information content (AvgIpc) is 2.44. The minimum Gasteiger partial charge on any atom is -0.396 e. The van der Waals surface area contributed by atoms with Crippen molar-refractivity contribution in [2.45, 2.75) is 44.6 Å². The third-order valence-electron chi connectivity index (χ3n) is 3.55. The van der Waals surface area contributed by atoms with Crippen LogP contribution in [0.3, 0.4) is 0 Å². The fourth-order valence-corrected chi connectivity index (χ4v) is 2.32. The molecule has 2 atom stereocenters. The van der Waals surface area contributed by atoms with Crippen molar-refractivity contribution in [2.24, 2.45) is 5.73 Å². The van der Waals surface area contributed by atoms with Crippen LogP contribution in [-0.4, -0.2) is 29.7 Å². The molecule has 21 heavy (non-hydrogen) atoms. The first kappa shape index (κ1) is 19.9. The fraction of sp³-hybridized carbons (Fsp3) is 0.562. The lowest BCUT2D eigenvalue weighted by molar-refractivity contribution is -0.126. The molecule has 0 saturated heterocycles. The number of amides is 1. The van der Waals surface area contributed by atoms with Gasteiger partial charge in [-0.1, -0.05) is 43.7 Å². The highest BCUT2D eigenvalue weighted by Crippen LogP contribution is 2.18. The van der Waals surface area contributed by atoms with Crippen LogP contribution < -0.4 is 11.1 Å². The lowest BCUT2D eigenvalue weighted by Crippen LogP contribution is -2.52. The third kappa shape index (κ3) is 6.46. The summed E-state index contributed by atoms with van der Waals surface area (Å²) in [6, 6.07) is 9.91. The van der Waals surface area contributed by atoms with E-state index in [-0.39, 0.29) is 30.8 Å². The number of rotatable bonds is 8. The molecule has 0 spiro atoms. The van der Waals surface area contributed by atoms with E-state index in [1.165, 1.54) is 0 Å². The molecule has 0 aliphatic heterocycles. The van der Waals surface area contributed by atoms with Crippen LogP contribution in [0.2, 0.25) is 0 Å². The van der Waals surface area contributed by atoms with E-state index in [0.29, 0.717) is 19.4 Å². The van der Waals surface area contributed by atoms with Gasteiger partial charge in [0, 0.05) is 19.1 Å². The quantitative estimate of drug-likeness (QED) is 0.688. The Bertz CT molecular complexity index is 410. The molecule has 0 saturated carbocycles. The van der Waals surface area contributed by atoms with Gasteiger partial charge in [0.05, 0.1) is 5.54 Å². The number of hydrogen-bond acceptors (Lipinski definition) is 3. The smallest absolute Gasteiger partial charge is 0.239 e. The molecular weight excluding hydrogens is 288 g/mol. The number of carbonyl (C=O) groups is 1. The van der Waals surface area contributed by atoms with Crippen LogP contribution in [0.4, 0.5) is 0 Å². The summed E-state index contributed by atoms with van der Waals surface area (Å²) in [5.41, 5.74) is 6.31. The van der Waals surface area contributed by atoms with Gasteiger partial charge >= 0.3 is 0 Å². The molecule has 1 aromatic carbocycles. The van der Waals surface area contributed by atoms with Crippen LogP contribution in [0, 0.1) is 0 Å². The van der Waals surface area contributed by atoms with E-state index in [1.54, 1.807) is 6.92 Å². The fourth-order valence-electron chi connectivity index (χ4n) is 2.32. The van der Waals surface area contributed by atoms with Crippen LogP contribution >= 0.6 is 12.4 Å². The summed E-state index contributed by atoms with van der Waals surface area (Å²) in [7, 11) is 0. The van der Waals surface area contributed by atoms with Gasteiger partial charge in [-0.2, -0.15) is 0 Å². The van der Waals surface area contributed by atoms with E-state index in [4.69, 9.17) is 10.8 Å². The summed E-state index contributed by atoms with van der Waals surface area (Å²) in [6.45, 7) is 4.37. The zero-order valence-electron chi connectivity index (χ0n) is 12.8. The summed E-state index contributed by atoms with van der Waals surface area (Å²) in [4.78, 5) is 12.1. The second kappa shape index (κ2) is 9.77. The van der Waals surface area contributed by atoms with Crippen LogP contribution in [0.15, 0.2) is 30.3 Å². The molecule has 0 bridgehead atoms. The van der Waals surface area contributed by atoms with Crippen molar-refractivity contribution in [3.63, 3.8) is 0 Å². The summed E-state index contributed by atoms with van der Waals surface area (Å²) in [6.07, 6.45) is 2.16. The number of carbonyl (C=O) groups excluding carboxylic acids is 1. The number of benzene rings is 1. The molecule has 0 heterocycles. The summed E-state index contributed by atoms with van der Waals surface area (Å²) < 4.78 is 0. The Labute approximate surface area is 133 Å². The standard InChI is InChI=1S/C16H26N2O2.ClH/c1-3-10-16(2,17)15(20)18-12-14(9-11-19)13-7-5-4-6-8-13;/h4-8,14,19H,3,9-12,17H2,1-2H3,(H,18,20);1H. The molecule has 2 unspecified atom stereocenters. The summed E-state index contributed by atoms with van der Waals surface area (Å²) in [5, 5.41) is 12.1. The van der Waals surface area contributed by atoms with E-state index < -0.39 is 5.54 Å². The van der Waals surface area contributed by atoms with E-state index >= 15 is 0 Å². The minimum atomic E-state index is -0.824. The highest BCUT2D eigenvalue weighted by atomic mass is 35.5. The molecule has 4 nitrogen and oxygen atoms in total. The SMILES string of the molecule is CCCC(C)(N)C(=O)NCC(CCO)c1ccccc1.Cl. The van der Waals surface area contributed by atoms with E-state index in [1.807, 2.05) is 37.3 Å². The Morgan fingerprint density at radius 1 is 1.38 bits per heavy atom. The molecule has 0 radical (unpaired) electrons. The normalized spacial score (nSPS) is 14.7. The largest absolute Gasteiger partial charge is 0.396 e. The van der Waals surface area contributed by atoms with E-state index in [2.05, 4.69) is 5.32 Å². The van der Waals surface area contributed by atoms with Gasteiger partial charge in [0.2, 0.25) is 5.91 Å². The predicted octanol–water partition coefficient (Wildman–Crippen LogP) is 2.21. The molecule has 1 amide bonds. The molecule has 0 aliphatic rings. The number of halogens is 1. The Hall–Kier alpha value is -1.10. The number of aliphatic hydroxyl groups excluding tert-OH is 1. The zero-order chi connectivity index (χ0) is 15.0. The van der Waals surface area contributed by atoms with Crippen molar-refractivity contribution in [3.05, 3.63) is 35.9 Å². The molecule has 1 aromatic rings. The van der Waals surface area contributed by atoms with Crippen molar-refractivity contribution in [1.82, 2.24) is 5.32 Å². The monoisotopic (exact) mass is 314 g/mol. The summed E-state index contributed by atoms with van der Waals surface area (Å²) >= 11 is 0. The maximum Gasteiger partial charge on any atom is 0.239 e. The maximum absolute atomic E-state index is 12.1. The van der Waals surface area contributed by atoms with Gasteiger partial charge in [-0.05, 0) is 25.3 Å². The van der Waals surface area contributed by atoms with Crippen molar-refractivity contribution in [3.8, 4) is 0 Å². The second-order valence-corrected chi connectivity index (χ2v) is 5.50. The van der Waals surface area contributed by atoms with Gasteiger partial charge in [0.15, 0.2) is 0 Å². The molecule has 5 heteroatoms. The first-order valence-electron chi connectivity index (χ1n) is 7.24. The van der Waals surface area contributed by atoms with Gasteiger partial charge in [0.1, 0.15) is 0 Å². The lowest BCUT2D eigenvalue weighted by atomic mass is 9.94. The Morgan fingerprint density at radius 2 is 2.00 bits per heavy atom. The average molecular weight is 315 g/mol. The van der Waals surface area contributed by atoms with Crippen LogP contribution in [0.1, 0.15) is 44.6 Å². The number of nitrogens with two attached hydrogens (primary N) is 1. The molecule has 0 aliphatic carbocycles. The predicted molar refractivity (Wildman–Crippen MR) is 88.6 cm³/mol. The Kier molecular flexibility index (Phi) is 9.26. The number of aliphatic hydroxyl groups is 1. The molecular formula is C16H27ClN2O2. The van der Waals surface area contributed by atoms with Gasteiger partial charge in [-0.25, -0.2) is 0 Å².